The lowest BCUT2D eigenvalue weighted by Gasteiger charge is -2.35. The van der Waals surface area contributed by atoms with Crippen molar-refractivity contribution in [1.29, 1.82) is 0 Å². The second-order valence-corrected chi connectivity index (χ2v) is 7.21. The Morgan fingerprint density at radius 2 is 1.71 bits per heavy atom. The number of hydrogen-bond donors (Lipinski definition) is 1. The van der Waals surface area contributed by atoms with Gasteiger partial charge in [-0.2, -0.15) is 0 Å². The Bertz CT molecular complexity index is 830. The monoisotopic (exact) mass is 383 g/mol. The third-order valence-electron chi connectivity index (χ3n) is 5.14. The Hall–Kier alpha value is -2.73. The highest BCUT2D eigenvalue weighted by molar-refractivity contribution is 5.92. The van der Waals surface area contributed by atoms with E-state index in [2.05, 4.69) is 35.2 Å². The number of ether oxygens (including phenoxy) is 2. The molecule has 3 rings (SSSR count). The molecule has 28 heavy (non-hydrogen) atoms. The maximum absolute atomic E-state index is 12.5. The van der Waals surface area contributed by atoms with E-state index in [0.717, 1.165) is 37.4 Å². The fraction of sp³-hybridized carbons (Fsp3) is 0.409. The molecule has 6 nitrogen and oxygen atoms in total. The second kappa shape index (κ2) is 8.97. The molecule has 150 valence electrons. The van der Waals surface area contributed by atoms with Gasteiger partial charge in [-0.25, -0.2) is 0 Å². The number of hydrogen-bond acceptors (Lipinski definition) is 5. The summed E-state index contributed by atoms with van der Waals surface area (Å²) in [5, 5.41) is 3.00. The van der Waals surface area contributed by atoms with Crippen LogP contribution in [-0.2, 0) is 11.2 Å². The largest absolute Gasteiger partial charge is 0.493 e. The summed E-state index contributed by atoms with van der Waals surface area (Å²) in [7, 11) is 5.34. The van der Waals surface area contributed by atoms with Crippen LogP contribution in [0.25, 0.3) is 0 Å². The van der Waals surface area contributed by atoms with Crippen LogP contribution < -0.4 is 19.7 Å². The van der Waals surface area contributed by atoms with Gasteiger partial charge in [0.05, 0.1) is 20.6 Å². The molecule has 1 N–H and O–H groups in total. The maximum atomic E-state index is 12.5. The topological polar surface area (TPSA) is 54.0 Å². The van der Waals surface area contributed by atoms with Gasteiger partial charge in [0.15, 0.2) is 11.5 Å². The van der Waals surface area contributed by atoms with E-state index in [1.54, 1.807) is 14.2 Å². The Morgan fingerprint density at radius 3 is 2.36 bits per heavy atom. The minimum atomic E-state index is -0.0565. The number of likely N-dealkylation sites (N-methyl/N-ethyl adjacent to an activating group) is 1. The number of piperazine rings is 1. The molecule has 2 aromatic carbocycles. The van der Waals surface area contributed by atoms with Gasteiger partial charge < -0.3 is 24.6 Å². The van der Waals surface area contributed by atoms with Crippen LogP contribution in [0.2, 0.25) is 0 Å². The molecular formula is C22H29N3O3. The molecule has 0 unspecified atom stereocenters. The predicted octanol–water partition coefficient (Wildman–Crippen LogP) is 2.95. The molecule has 2 aromatic rings. The average Bonchev–Trinajstić information content (AvgIpc) is 2.69. The second-order valence-electron chi connectivity index (χ2n) is 7.21. The van der Waals surface area contributed by atoms with Gasteiger partial charge in [-0.05, 0) is 55.4 Å². The van der Waals surface area contributed by atoms with E-state index >= 15 is 0 Å². The number of nitrogens with zero attached hydrogens (tertiary/aromatic N) is 2. The van der Waals surface area contributed by atoms with Crippen molar-refractivity contribution >= 4 is 17.3 Å². The first-order valence-electron chi connectivity index (χ1n) is 9.55. The van der Waals surface area contributed by atoms with Crippen LogP contribution in [0, 0.1) is 6.92 Å². The van der Waals surface area contributed by atoms with E-state index in [4.69, 9.17) is 9.47 Å². The van der Waals surface area contributed by atoms with Gasteiger partial charge in [-0.15, -0.1) is 0 Å². The molecule has 1 fully saturated rings. The summed E-state index contributed by atoms with van der Waals surface area (Å²) in [5.41, 5.74) is 4.11. The summed E-state index contributed by atoms with van der Waals surface area (Å²) in [4.78, 5) is 17.2. The van der Waals surface area contributed by atoms with Gasteiger partial charge in [0, 0.05) is 37.6 Å². The van der Waals surface area contributed by atoms with Gasteiger partial charge in [0.25, 0.3) is 0 Å². The van der Waals surface area contributed by atoms with Crippen molar-refractivity contribution in [3.8, 4) is 11.5 Å². The van der Waals surface area contributed by atoms with E-state index in [0.29, 0.717) is 11.5 Å². The fourth-order valence-electron chi connectivity index (χ4n) is 3.52. The zero-order valence-electron chi connectivity index (χ0n) is 17.1. The van der Waals surface area contributed by atoms with Crippen LogP contribution in [-0.4, -0.2) is 58.3 Å². The molecule has 0 aromatic heterocycles. The van der Waals surface area contributed by atoms with Crippen molar-refractivity contribution in [3.05, 3.63) is 47.5 Å². The molecule has 1 saturated heterocycles. The number of rotatable bonds is 6. The van der Waals surface area contributed by atoms with Crippen molar-refractivity contribution in [2.45, 2.75) is 13.3 Å². The zero-order valence-corrected chi connectivity index (χ0v) is 17.1. The van der Waals surface area contributed by atoms with Crippen LogP contribution in [0.4, 0.5) is 11.4 Å². The van der Waals surface area contributed by atoms with Gasteiger partial charge in [0.1, 0.15) is 0 Å². The number of aryl methyl sites for hydroxylation is 1. The first kappa shape index (κ1) is 20.0. The molecule has 1 amide bonds. The molecule has 6 heteroatoms. The van der Waals surface area contributed by atoms with Gasteiger partial charge in [-0.1, -0.05) is 6.07 Å². The lowest BCUT2D eigenvalue weighted by molar-refractivity contribution is -0.115. The summed E-state index contributed by atoms with van der Waals surface area (Å²) in [6, 6.07) is 11.7. The number of amides is 1. The maximum Gasteiger partial charge on any atom is 0.228 e. The van der Waals surface area contributed by atoms with E-state index in [1.807, 2.05) is 30.3 Å². The minimum Gasteiger partial charge on any atom is -0.493 e. The standard InChI is InChI=1S/C22H29N3O3/c1-16-13-18(6-7-19(16)25-11-9-24(2)10-12-25)23-22(26)15-17-5-8-20(27-3)21(14-17)28-4/h5-8,13-14H,9-12,15H2,1-4H3,(H,23,26). The third-order valence-corrected chi connectivity index (χ3v) is 5.14. The fourth-order valence-corrected chi connectivity index (χ4v) is 3.52. The van der Waals surface area contributed by atoms with E-state index < -0.39 is 0 Å². The number of nitrogens with one attached hydrogen (secondary N) is 1. The molecule has 0 saturated carbocycles. The molecule has 1 aliphatic rings. The third kappa shape index (κ3) is 4.75. The van der Waals surface area contributed by atoms with E-state index in [9.17, 15) is 4.79 Å². The summed E-state index contributed by atoms with van der Waals surface area (Å²) in [6.07, 6.45) is 0.277. The minimum absolute atomic E-state index is 0.0565. The quantitative estimate of drug-likeness (QED) is 0.831. The van der Waals surface area contributed by atoms with Crippen molar-refractivity contribution in [1.82, 2.24) is 4.90 Å². The molecule has 0 bridgehead atoms. The zero-order chi connectivity index (χ0) is 20.1. The van der Waals surface area contributed by atoms with Gasteiger partial charge in [0.2, 0.25) is 5.91 Å². The van der Waals surface area contributed by atoms with Crippen LogP contribution in [0.5, 0.6) is 11.5 Å². The van der Waals surface area contributed by atoms with Gasteiger partial charge >= 0.3 is 0 Å². The molecule has 1 heterocycles. The van der Waals surface area contributed by atoms with Gasteiger partial charge in [-0.3, -0.25) is 4.79 Å². The highest BCUT2D eigenvalue weighted by Crippen LogP contribution is 2.28. The number of carbonyl (C=O) groups is 1. The lowest BCUT2D eigenvalue weighted by Crippen LogP contribution is -2.44. The molecular weight excluding hydrogens is 354 g/mol. The van der Waals surface area contributed by atoms with E-state index in [-0.39, 0.29) is 12.3 Å². The molecule has 0 atom stereocenters. The SMILES string of the molecule is COc1ccc(CC(=O)Nc2ccc(N3CCN(C)CC3)c(C)c2)cc1OC. The number of anilines is 2. The number of methoxy groups -OCH3 is 2. The molecule has 0 radical (unpaired) electrons. The predicted molar refractivity (Wildman–Crippen MR) is 113 cm³/mol. The highest BCUT2D eigenvalue weighted by Gasteiger charge is 2.16. The summed E-state index contributed by atoms with van der Waals surface area (Å²) < 4.78 is 10.5. The summed E-state index contributed by atoms with van der Waals surface area (Å²) in [5.74, 6) is 1.22. The molecule has 1 aliphatic heterocycles. The Balaban J connectivity index is 1.63. The first-order valence-corrected chi connectivity index (χ1v) is 9.55. The Morgan fingerprint density at radius 1 is 1.00 bits per heavy atom. The highest BCUT2D eigenvalue weighted by atomic mass is 16.5. The van der Waals surface area contributed by atoms with Crippen molar-refractivity contribution in [2.24, 2.45) is 0 Å². The summed E-state index contributed by atoms with van der Waals surface area (Å²) in [6.45, 7) is 6.30. The van der Waals surface area contributed by atoms with Crippen molar-refractivity contribution in [2.75, 3.05) is 57.7 Å². The van der Waals surface area contributed by atoms with Crippen LogP contribution in [0.3, 0.4) is 0 Å². The smallest absolute Gasteiger partial charge is 0.228 e. The van der Waals surface area contributed by atoms with Crippen molar-refractivity contribution in [3.63, 3.8) is 0 Å². The van der Waals surface area contributed by atoms with Crippen LogP contribution in [0.1, 0.15) is 11.1 Å². The van der Waals surface area contributed by atoms with Crippen LogP contribution >= 0.6 is 0 Å². The normalized spacial score (nSPS) is 14.6. The van der Waals surface area contributed by atoms with E-state index in [1.165, 1.54) is 11.3 Å². The Labute approximate surface area is 167 Å². The number of benzene rings is 2. The Kier molecular flexibility index (Phi) is 6.41. The average molecular weight is 383 g/mol. The lowest BCUT2D eigenvalue weighted by atomic mass is 10.1. The van der Waals surface area contributed by atoms with Crippen LogP contribution in [0.15, 0.2) is 36.4 Å². The number of carbonyl (C=O) groups excluding carboxylic acids is 1. The van der Waals surface area contributed by atoms with Crippen molar-refractivity contribution < 1.29 is 14.3 Å². The molecule has 0 spiro atoms. The molecule has 0 aliphatic carbocycles. The summed E-state index contributed by atoms with van der Waals surface area (Å²) >= 11 is 0. The first-order chi connectivity index (χ1) is 13.5.